The number of aromatic nitrogens is 2. The highest BCUT2D eigenvalue weighted by Crippen LogP contribution is 2.29. The van der Waals surface area contributed by atoms with Crippen LogP contribution in [0.25, 0.3) is 5.69 Å². The van der Waals surface area contributed by atoms with E-state index in [4.69, 9.17) is 21.4 Å². The zero-order valence-electron chi connectivity index (χ0n) is 13.9. The van der Waals surface area contributed by atoms with Crippen molar-refractivity contribution < 1.29 is 13.9 Å². The van der Waals surface area contributed by atoms with E-state index in [1.807, 2.05) is 31.2 Å². The first kappa shape index (κ1) is 17.9. The van der Waals surface area contributed by atoms with Crippen LogP contribution in [-0.2, 0) is 10.5 Å². The van der Waals surface area contributed by atoms with Crippen LogP contribution >= 0.6 is 35.3 Å². The molecular weight excluding hydrogens is 376 g/mol. The number of para-hydroxylation sites is 1. The SMILES string of the molecule is COC(=O)c1cc(CSc2nn(-c3ccccc3C)c(=S)s2)oc1C. The molecule has 0 amide bonds. The molecule has 0 saturated heterocycles. The molecular formula is C17H16N2O3S3. The van der Waals surface area contributed by atoms with Crippen LogP contribution in [0, 0.1) is 17.8 Å². The third-order valence-electron chi connectivity index (χ3n) is 3.58. The number of methoxy groups -OCH3 is 1. The minimum atomic E-state index is -0.392. The fourth-order valence-corrected chi connectivity index (χ4v) is 4.56. The molecule has 0 aliphatic heterocycles. The van der Waals surface area contributed by atoms with Gasteiger partial charge >= 0.3 is 5.97 Å². The molecule has 8 heteroatoms. The van der Waals surface area contributed by atoms with E-state index in [9.17, 15) is 4.79 Å². The first-order valence-corrected chi connectivity index (χ1v) is 9.67. The van der Waals surface area contributed by atoms with E-state index in [-0.39, 0.29) is 0 Å². The molecule has 0 aliphatic carbocycles. The van der Waals surface area contributed by atoms with Crippen LogP contribution in [0.5, 0.6) is 0 Å². The Bertz CT molecular complexity index is 972. The third kappa shape index (κ3) is 3.86. The van der Waals surface area contributed by atoms with E-state index in [0.717, 1.165) is 15.6 Å². The van der Waals surface area contributed by atoms with Gasteiger partial charge in [-0.2, -0.15) is 0 Å². The fourth-order valence-electron chi connectivity index (χ4n) is 2.33. The quantitative estimate of drug-likeness (QED) is 0.348. The zero-order chi connectivity index (χ0) is 18.0. The second-order valence-corrected chi connectivity index (χ2v) is 8.14. The summed E-state index contributed by atoms with van der Waals surface area (Å²) in [4.78, 5) is 11.6. The number of nitrogens with zero attached hydrogens (tertiary/aromatic N) is 2. The van der Waals surface area contributed by atoms with Gasteiger partial charge in [0.15, 0.2) is 8.29 Å². The number of furan rings is 1. The maximum absolute atomic E-state index is 11.6. The van der Waals surface area contributed by atoms with Gasteiger partial charge in [0.05, 0.1) is 18.6 Å². The van der Waals surface area contributed by atoms with E-state index in [1.165, 1.54) is 30.2 Å². The van der Waals surface area contributed by atoms with Crippen LogP contribution in [-0.4, -0.2) is 22.9 Å². The topological polar surface area (TPSA) is 57.3 Å². The number of esters is 1. The number of hydrogen-bond acceptors (Lipinski definition) is 7. The van der Waals surface area contributed by atoms with Crippen molar-refractivity contribution in [2.45, 2.75) is 23.9 Å². The summed E-state index contributed by atoms with van der Waals surface area (Å²) in [5, 5.41) is 4.60. The number of thioether (sulfide) groups is 1. The number of hydrogen-bond donors (Lipinski definition) is 0. The van der Waals surface area contributed by atoms with Crippen molar-refractivity contribution in [3.8, 4) is 5.69 Å². The molecule has 0 saturated carbocycles. The van der Waals surface area contributed by atoms with E-state index in [1.54, 1.807) is 17.7 Å². The van der Waals surface area contributed by atoms with Crippen molar-refractivity contribution in [2.24, 2.45) is 0 Å². The summed E-state index contributed by atoms with van der Waals surface area (Å²) < 4.78 is 13.7. The maximum atomic E-state index is 11.6. The lowest BCUT2D eigenvalue weighted by Gasteiger charge is -2.03. The Morgan fingerprint density at radius 1 is 1.40 bits per heavy atom. The van der Waals surface area contributed by atoms with Gasteiger partial charge in [0.2, 0.25) is 0 Å². The normalized spacial score (nSPS) is 10.8. The molecule has 5 nitrogen and oxygen atoms in total. The highest BCUT2D eigenvalue weighted by Gasteiger charge is 2.16. The fraction of sp³-hybridized carbons (Fsp3) is 0.235. The Balaban J connectivity index is 1.77. The van der Waals surface area contributed by atoms with E-state index < -0.39 is 5.97 Å². The molecule has 0 atom stereocenters. The summed E-state index contributed by atoms with van der Waals surface area (Å²) in [6, 6.07) is 9.70. The Morgan fingerprint density at radius 3 is 2.88 bits per heavy atom. The van der Waals surface area contributed by atoms with Crippen LogP contribution in [0.15, 0.2) is 39.1 Å². The predicted molar refractivity (Wildman–Crippen MR) is 101 cm³/mol. The molecule has 0 fully saturated rings. The number of benzene rings is 1. The Hall–Kier alpha value is -1.90. The summed E-state index contributed by atoms with van der Waals surface area (Å²) in [5.74, 6) is 1.43. The summed E-state index contributed by atoms with van der Waals surface area (Å²) in [7, 11) is 1.36. The first-order valence-electron chi connectivity index (χ1n) is 7.46. The van der Waals surface area contributed by atoms with Crippen molar-refractivity contribution >= 4 is 41.3 Å². The molecule has 0 N–H and O–H groups in total. The number of ether oxygens (including phenoxy) is 1. The number of rotatable bonds is 5. The number of carbonyl (C=O) groups is 1. The van der Waals surface area contributed by atoms with Gasteiger partial charge in [-0.3, -0.25) is 0 Å². The monoisotopic (exact) mass is 392 g/mol. The smallest absolute Gasteiger partial charge is 0.341 e. The molecule has 0 radical (unpaired) electrons. The highest BCUT2D eigenvalue weighted by molar-refractivity contribution is 8.00. The van der Waals surface area contributed by atoms with Crippen molar-refractivity contribution in [1.82, 2.24) is 9.78 Å². The predicted octanol–water partition coefficient (Wildman–Crippen LogP) is 4.95. The first-order chi connectivity index (χ1) is 12.0. The Kier molecular flexibility index (Phi) is 5.41. The zero-order valence-corrected chi connectivity index (χ0v) is 16.4. The van der Waals surface area contributed by atoms with Crippen LogP contribution in [0.4, 0.5) is 0 Å². The summed E-state index contributed by atoms with van der Waals surface area (Å²) >= 11 is 8.42. The molecule has 0 bridgehead atoms. The van der Waals surface area contributed by atoms with Crippen molar-refractivity contribution in [3.05, 3.63) is 56.9 Å². The van der Waals surface area contributed by atoms with Crippen molar-refractivity contribution in [1.29, 1.82) is 0 Å². The Morgan fingerprint density at radius 2 is 2.16 bits per heavy atom. The average Bonchev–Trinajstić information content (AvgIpc) is 3.15. The van der Waals surface area contributed by atoms with Gasteiger partial charge in [0.25, 0.3) is 0 Å². The van der Waals surface area contributed by atoms with E-state index >= 15 is 0 Å². The van der Waals surface area contributed by atoms with Gasteiger partial charge in [0, 0.05) is 0 Å². The van der Waals surface area contributed by atoms with Crippen molar-refractivity contribution in [3.63, 3.8) is 0 Å². The number of aryl methyl sites for hydroxylation is 2. The van der Waals surface area contributed by atoms with Gasteiger partial charge in [-0.25, -0.2) is 9.48 Å². The lowest BCUT2D eigenvalue weighted by atomic mass is 10.2. The summed E-state index contributed by atoms with van der Waals surface area (Å²) in [6.07, 6.45) is 0. The highest BCUT2D eigenvalue weighted by atomic mass is 32.2. The molecule has 0 unspecified atom stereocenters. The standard InChI is InChI=1S/C17H16N2O3S3/c1-10-6-4-5-7-14(10)19-17(23)25-16(18-19)24-9-12-8-13(11(2)22-12)15(20)21-3/h4-8H,9H2,1-3H3. The van der Waals surface area contributed by atoms with Gasteiger partial charge in [-0.15, -0.1) is 5.10 Å². The molecule has 0 aliphatic rings. The number of carbonyl (C=O) groups excluding carboxylic acids is 1. The minimum absolute atomic E-state index is 0.392. The lowest BCUT2D eigenvalue weighted by molar-refractivity contribution is 0.0599. The third-order valence-corrected chi connectivity index (χ3v) is 5.97. The Labute approximate surface area is 158 Å². The molecule has 1 aromatic carbocycles. The van der Waals surface area contributed by atoms with Crippen LogP contribution in [0.3, 0.4) is 0 Å². The van der Waals surface area contributed by atoms with Crippen LogP contribution in [0.2, 0.25) is 0 Å². The minimum Gasteiger partial charge on any atom is -0.465 e. The van der Waals surface area contributed by atoms with Gasteiger partial charge in [-0.1, -0.05) is 41.3 Å². The molecule has 130 valence electrons. The summed E-state index contributed by atoms with van der Waals surface area (Å²) in [5.41, 5.74) is 2.55. The summed E-state index contributed by atoms with van der Waals surface area (Å²) in [6.45, 7) is 3.78. The van der Waals surface area contributed by atoms with Crippen molar-refractivity contribution in [2.75, 3.05) is 7.11 Å². The largest absolute Gasteiger partial charge is 0.465 e. The second kappa shape index (κ2) is 7.55. The molecule has 3 rings (SSSR count). The van der Waals surface area contributed by atoms with Gasteiger partial charge in [0.1, 0.15) is 17.1 Å². The van der Waals surface area contributed by atoms with E-state index in [2.05, 4.69) is 5.10 Å². The maximum Gasteiger partial charge on any atom is 0.341 e. The second-order valence-electron chi connectivity index (χ2n) is 5.29. The average molecular weight is 393 g/mol. The molecule has 3 aromatic rings. The van der Waals surface area contributed by atoms with Gasteiger partial charge in [-0.05, 0) is 43.8 Å². The van der Waals surface area contributed by atoms with Gasteiger partial charge < -0.3 is 9.15 Å². The molecule has 2 heterocycles. The lowest BCUT2D eigenvalue weighted by Crippen LogP contribution is -2.00. The van der Waals surface area contributed by atoms with E-state index in [0.29, 0.717) is 26.8 Å². The molecule has 25 heavy (non-hydrogen) atoms. The molecule has 0 spiro atoms. The molecule has 2 aromatic heterocycles. The van der Waals surface area contributed by atoms with Crippen LogP contribution in [0.1, 0.15) is 27.4 Å². The van der Waals surface area contributed by atoms with Crippen LogP contribution < -0.4 is 0 Å².